The van der Waals surface area contributed by atoms with Crippen LogP contribution in [0, 0.1) is 18.7 Å². The van der Waals surface area contributed by atoms with E-state index >= 15 is 0 Å². The molecule has 1 fully saturated rings. The number of rotatable bonds is 5. The van der Waals surface area contributed by atoms with Gasteiger partial charge in [0.25, 0.3) is 0 Å². The summed E-state index contributed by atoms with van der Waals surface area (Å²) in [5, 5.41) is 0. The predicted molar refractivity (Wildman–Crippen MR) is 65.5 cm³/mol. The molecule has 2 rings (SSSR count). The first kappa shape index (κ1) is 12.8. The van der Waals surface area contributed by atoms with Gasteiger partial charge < -0.3 is 16.2 Å². The molecule has 0 aromatic heterocycles. The number of hydrogen-bond acceptors (Lipinski definition) is 3. The van der Waals surface area contributed by atoms with E-state index in [1.54, 1.807) is 19.1 Å². The summed E-state index contributed by atoms with van der Waals surface area (Å²) in [6.45, 7) is 1.56. The van der Waals surface area contributed by atoms with E-state index in [1.165, 1.54) is 6.07 Å². The molecular weight excluding hydrogens is 235 g/mol. The van der Waals surface area contributed by atoms with E-state index in [2.05, 4.69) is 0 Å². The maximum atomic E-state index is 13.7. The number of aryl methyl sites for hydroxylation is 1. The zero-order valence-corrected chi connectivity index (χ0v) is 10.3. The Morgan fingerprint density at radius 3 is 2.78 bits per heavy atom. The Bertz CT molecular complexity index is 474. The van der Waals surface area contributed by atoms with Crippen LogP contribution in [0.15, 0.2) is 18.2 Å². The highest BCUT2D eigenvalue weighted by Crippen LogP contribution is 2.38. The number of primary amides is 1. The van der Waals surface area contributed by atoms with Crippen LogP contribution in [0.1, 0.15) is 18.4 Å². The lowest BCUT2D eigenvalue weighted by atomic mass is 9.95. The highest BCUT2D eigenvalue weighted by molar-refractivity contribution is 5.85. The number of halogens is 1. The molecule has 18 heavy (non-hydrogen) atoms. The second kappa shape index (κ2) is 4.57. The molecule has 1 atom stereocenters. The molecule has 0 aliphatic heterocycles. The molecular formula is C13H17FN2O2. The fraction of sp³-hybridized carbons (Fsp3) is 0.462. The van der Waals surface area contributed by atoms with E-state index in [0.29, 0.717) is 5.56 Å². The molecule has 0 heterocycles. The van der Waals surface area contributed by atoms with Gasteiger partial charge in [0, 0.05) is 0 Å². The van der Waals surface area contributed by atoms with E-state index < -0.39 is 17.3 Å². The van der Waals surface area contributed by atoms with Crippen molar-refractivity contribution in [1.29, 1.82) is 0 Å². The lowest BCUT2D eigenvalue weighted by Crippen LogP contribution is -2.58. The maximum Gasteiger partial charge on any atom is 0.241 e. The van der Waals surface area contributed by atoms with Crippen molar-refractivity contribution < 1.29 is 13.9 Å². The summed E-state index contributed by atoms with van der Waals surface area (Å²) >= 11 is 0. The first-order valence-electron chi connectivity index (χ1n) is 5.92. The molecule has 1 aromatic rings. The SMILES string of the molecule is Cc1cccc(OCC(N)(C(N)=O)C2CC2)c1F. The quantitative estimate of drug-likeness (QED) is 0.823. The van der Waals surface area contributed by atoms with Crippen molar-refractivity contribution in [1.82, 2.24) is 0 Å². The van der Waals surface area contributed by atoms with Gasteiger partial charge in [-0.05, 0) is 37.3 Å². The second-order valence-electron chi connectivity index (χ2n) is 4.85. The van der Waals surface area contributed by atoms with Gasteiger partial charge >= 0.3 is 0 Å². The number of carbonyl (C=O) groups is 1. The Labute approximate surface area is 105 Å². The molecule has 1 saturated carbocycles. The molecule has 1 unspecified atom stereocenters. The van der Waals surface area contributed by atoms with E-state index in [1.807, 2.05) is 0 Å². The van der Waals surface area contributed by atoms with Gasteiger partial charge in [-0.1, -0.05) is 12.1 Å². The lowest BCUT2D eigenvalue weighted by molar-refractivity contribution is -0.125. The number of amides is 1. The van der Waals surface area contributed by atoms with Crippen LogP contribution in [0.4, 0.5) is 4.39 Å². The van der Waals surface area contributed by atoms with Crippen LogP contribution >= 0.6 is 0 Å². The maximum absolute atomic E-state index is 13.7. The van der Waals surface area contributed by atoms with Gasteiger partial charge in [-0.15, -0.1) is 0 Å². The normalized spacial score (nSPS) is 18.2. The van der Waals surface area contributed by atoms with Crippen LogP contribution in [0.5, 0.6) is 5.75 Å². The van der Waals surface area contributed by atoms with Crippen LogP contribution in [-0.4, -0.2) is 18.1 Å². The Morgan fingerprint density at radius 1 is 1.56 bits per heavy atom. The number of ether oxygens (including phenoxy) is 1. The third-order valence-corrected chi connectivity index (χ3v) is 3.39. The van der Waals surface area contributed by atoms with Crippen LogP contribution < -0.4 is 16.2 Å². The topological polar surface area (TPSA) is 78.3 Å². The lowest BCUT2D eigenvalue weighted by Gasteiger charge is -2.25. The molecule has 4 N–H and O–H groups in total. The summed E-state index contributed by atoms with van der Waals surface area (Å²) < 4.78 is 19.1. The fourth-order valence-electron chi connectivity index (χ4n) is 1.92. The van der Waals surface area contributed by atoms with Gasteiger partial charge in [-0.25, -0.2) is 4.39 Å². The summed E-state index contributed by atoms with van der Waals surface area (Å²) in [6, 6.07) is 4.84. The van der Waals surface area contributed by atoms with Crippen molar-refractivity contribution in [3.63, 3.8) is 0 Å². The van der Waals surface area contributed by atoms with Crippen LogP contribution in [0.2, 0.25) is 0 Å². The molecule has 0 saturated heterocycles. The van der Waals surface area contributed by atoms with Crippen molar-refractivity contribution in [2.45, 2.75) is 25.3 Å². The van der Waals surface area contributed by atoms with Crippen LogP contribution in [0.3, 0.4) is 0 Å². The van der Waals surface area contributed by atoms with Gasteiger partial charge in [0.05, 0.1) is 0 Å². The molecule has 98 valence electrons. The molecule has 1 amide bonds. The van der Waals surface area contributed by atoms with Crippen LogP contribution in [0.25, 0.3) is 0 Å². The van der Waals surface area contributed by atoms with Gasteiger partial charge in [0.1, 0.15) is 12.1 Å². The molecule has 1 aliphatic rings. The Kier molecular flexibility index (Phi) is 3.26. The van der Waals surface area contributed by atoms with Gasteiger partial charge in [-0.3, -0.25) is 4.79 Å². The standard InChI is InChI=1S/C13H17FN2O2/c1-8-3-2-4-10(11(8)14)18-7-13(16,12(15)17)9-5-6-9/h2-4,9H,5-7,16H2,1H3,(H2,15,17). The summed E-state index contributed by atoms with van der Waals surface area (Å²) in [4.78, 5) is 11.4. The summed E-state index contributed by atoms with van der Waals surface area (Å²) in [7, 11) is 0. The van der Waals surface area contributed by atoms with Crippen molar-refractivity contribution in [3.8, 4) is 5.75 Å². The fourth-order valence-corrected chi connectivity index (χ4v) is 1.92. The first-order chi connectivity index (χ1) is 8.45. The Morgan fingerprint density at radius 2 is 2.22 bits per heavy atom. The van der Waals surface area contributed by atoms with Crippen molar-refractivity contribution >= 4 is 5.91 Å². The second-order valence-corrected chi connectivity index (χ2v) is 4.85. The van der Waals surface area contributed by atoms with E-state index in [-0.39, 0.29) is 18.3 Å². The van der Waals surface area contributed by atoms with Gasteiger partial charge in [-0.2, -0.15) is 0 Å². The van der Waals surface area contributed by atoms with Gasteiger partial charge in [0.15, 0.2) is 11.6 Å². The number of benzene rings is 1. The minimum absolute atomic E-state index is 0.0443. The molecule has 4 nitrogen and oxygen atoms in total. The van der Waals surface area contributed by atoms with Gasteiger partial charge in [0.2, 0.25) is 5.91 Å². The summed E-state index contributed by atoms with van der Waals surface area (Å²) in [5.41, 5.74) is 10.6. The zero-order valence-electron chi connectivity index (χ0n) is 10.3. The smallest absolute Gasteiger partial charge is 0.241 e. The average Bonchev–Trinajstić information content (AvgIpc) is 3.14. The number of nitrogens with two attached hydrogens (primary N) is 2. The molecule has 5 heteroatoms. The Balaban J connectivity index is 2.10. The first-order valence-corrected chi connectivity index (χ1v) is 5.92. The molecule has 0 bridgehead atoms. The molecule has 1 aliphatic carbocycles. The average molecular weight is 252 g/mol. The Hall–Kier alpha value is -1.62. The summed E-state index contributed by atoms with van der Waals surface area (Å²) in [5.74, 6) is -0.882. The molecule has 1 aromatic carbocycles. The number of carbonyl (C=O) groups excluding carboxylic acids is 1. The highest BCUT2D eigenvalue weighted by atomic mass is 19.1. The third kappa shape index (κ3) is 2.31. The number of hydrogen-bond donors (Lipinski definition) is 2. The molecule has 0 spiro atoms. The minimum atomic E-state index is -1.20. The minimum Gasteiger partial charge on any atom is -0.488 e. The summed E-state index contributed by atoms with van der Waals surface area (Å²) in [6.07, 6.45) is 1.72. The molecule has 0 radical (unpaired) electrons. The third-order valence-electron chi connectivity index (χ3n) is 3.39. The van der Waals surface area contributed by atoms with E-state index in [9.17, 15) is 9.18 Å². The highest BCUT2D eigenvalue weighted by Gasteiger charge is 2.47. The largest absolute Gasteiger partial charge is 0.488 e. The zero-order chi connectivity index (χ0) is 13.3. The van der Waals surface area contributed by atoms with Crippen molar-refractivity contribution in [2.24, 2.45) is 17.4 Å². The van der Waals surface area contributed by atoms with E-state index in [4.69, 9.17) is 16.2 Å². The van der Waals surface area contributed by atoms with Crippen molar-refractivity contribution in [2.75, 3.05) is 6.61 Å². The van der Waals surface area contributed by atoms with Crippen molar-refractivity contribution in [3.05, 3.63) is 29.6 Å². The monoisotopic (exact) mass is 252 g/mol. The van der Waals surface area contributed by atoms with E-state index in [0.717, 1.165) is 12.8 Å². The van der Waals surface area contributed by atoms with Crippen LogP contribution in [-0.2, 0) is 4.79 Å². The predicted octanol–water partition coefficient (Wildman–Crippen LogP) is 1.11.